The lowest BCUT2D eigenvalue weighted by Crippen LogP contribution is -2.33. The van der Waals surface area contributed by atoms with E-state index in [0.717, 1.165) is 82.0 Å². The number of carboxylic acid groups (broad SMARTS) is 2. The molecule has 2 aliphatic rings. The average molecular weight is 477 g/mol. The molecule has 2 aromatic carbocycles. The summed E-state index contributed by atoms with van der Waals surface area (Å²) >= 11 is 0. The number of aryl methyl sites for hydroxylation is 1. The Kier molecular flexibility index (Phi) is 8.59. The monoisotopic (exact) mass is 476 g/mol. The van der Waals surface area contributed by atoms with Crippen molar-refractivity contribution in [3.8, 4) is 0 Å². The van der Waals surface area contributed by atoms with Crippen LogP contribution in [0.2, 0.25) is 0 Å². The summed E-state index contributed by atoms with van der Waals surface area (Å²) in [5.41, 5.74) is 4.48. The van der Waals surface area contributed by atoms with Gasteiger partial charge in [0.2, 0.25) is 0 Å². The number of likely N-dealkylation sites (tertiary alicyclic amines) is 1. The number of carbonyl (C=O) groups is 2. The minimum absolute atomic E-state index is 0.0346. The average Bonchev–Trinajstić information content (AvgIpc) is 3.10. The van der Waals surface area contributed by atoms with Gasteiger partial charge in [-0.1, -0.05) is 42.5 Å². The Morgan fingerprint density at radius 3 is 2.54 bits per heavy atom. The predicted octanol–water partition coefficient (Wildman–Crippen LogP) is 5.31. The van der Waals surface area contributed by atoms with Gasteiger partial charge in [-0.25, -0.2) is 9.59 Å². The fourth-order valence-corrected chi connectivity index (χ4v) is 5.48. The van der Waals surface area contributed by atoms with Gasteiger partial charge in [-0.05, 0) is 86.7 Å². The van der Waals surface area contributed by atoms with Crippen molar-refractivity contribution in [2.75, 3.05) is 25.0 Å². The minimum atomic E-state index is -1.21. The van der Waals surface area contributed by atoms with Crippen LogP contribution in [0.5, 0.6) is 0 Å². The number of hydrogen-bond donors (Lipinski definition) is 3. The number of rotatable bonds is 9. The number of benzene rings is 2. The molecule has 0 radical (unpaired) electrons. The Morgan fingerprint density at radius 2 is 1.83 bits per heavy atom. The van der Waals surface area contributed by atoms with E-state index in [2.05, 4.69) is 40.5 Å². The second kappa shape index (κ2) is 12.0. The molecule has 0 aliphatic carbocycles. The minimum Gasteiger partial charge on any atom is -0.478 e. The zero-order valence-electron chi connectivity index (χ0n) is 20.3. The first-order valence-electron chi connectivity index (χ1n) is 12.8. The maximum Gasteiger partial charge on any atom is 0.332 e. The van der Waals surface area contributed by atoms with Crippen LogP contribution in [0.15, 0.2) is 60.2 Å². The number of anilines is 1. The molecule has 2 aliphatic heterocycles. The Morgan fingerprint density at radius 1 is 1.06 bits per heavy atom. The molecule has 35 heavy (non-hydrogen) atoms. The summed E-state index contributed by atoms with van der Waals surface area (Å²) in [6.45, 7) is 3.93. The molecule has 2 aromatic rings. The van der Waals surface area contributed by atoms with E-state index in [1.165, 1.54) is 11.1 Å². The number of hydrogen-bond acceptors (Lipinski definition) is 4. The highest BCUT2D eigenvalue weighted by molar-refractivity contribution is 5.96. The molecule has 3 N–H and O–H groups in total. The number of fused-ring (bicyclic) bond motifs is 1. The van der Waals surface area contributed by atoms with Crippen LogP contribution in [0.25, 0.3) is 0 Å². The van der Waals surface area contributed by atoms with Crippen molar-refractivity contribution < 1.29 is 19.8 Å². The van der Waals surface area contributed by atoms with Crippen molar-refractivity contribution in [2.45, 2.75) is 57.4 Å². The zero-order chi connectivity index (χ0) is 24.6. The van der Waals surface area contributed by atoms with E-state index in [1.807, 2.05) is 18.2 Å². The van der Waals surface area contributed by atoms with Crippen LogP contribution >= 0.6 is 0 Å². The highest BCUT2D eigenvalue weighted by Gasteiger charge is 2.27. The molecule has 1 unspecified atom stereocenters. The molecule has 6 heteroatoms. The van der Waals surface area contributed by atoms with Crippen LogP contribution < -0.4 is 5.32 Å². The molecule has 6 nitrogen and oxygen atoms in total. The number of carboxylic acids is 2. The molecule has 186 valence electrons. The molecule has 0 aromatic heterocycles. The molecule has 4 rings (SSSR count). The second-order valence-corrected chi connectivity index (χ2v) is 9.88. The van der Waals surface area contributed by atoms with Crippen molar-refractivity contribution in [1.29, 1.82) is 0 Å². The Hall–Kier alpha value is -3.12. The normalized spacial score (nSPS) is 18.2. The van der Waals surface area contributed by atoms with Gasteiger partial charge in [-0.15, -0.1) is 0 Å². The van der Waals surface area contributed by atoms with E-state index >= 15 is 0 Å². The molecule has 1 fully saturated rings. The van der Waals surface area contributed by atoms with E-state index in [4.69, 9.17) is 0 Å². The molecule has 0 spiro atoms. The molecule has 1 atom stereocenters. The Bertz CT molecular complexity index is 1040. The van der Waals surface area contributed by atoms with Crippen LogP contribution in [0.1, 0.15) is 61.1 Å². The maximum atomic E-state index is 12.1. The van der Waals surface area contributed by atoms with Crippen LogP contribution in [-0.2, 0) is 22.6 Å². The van der Waals surface area contributed by atoms with Gasteiger partial charge in [0.05, 0.1) is 5.57 Å². The SMILES string of the molecule is O=C(O)/C=C(/C(=O)O)C(CCC1CCN(Cc2ccccc2)CC1)c1ccc2c(c1)NCCCC2. The molecular weight excluding hydrogens is 440 g/mol. The van der Waals surface area contributed by atoms with Gasteiger partial charge < -0.3 is 15.5 Å². The van der Waals surface area contributed by atoms with Gasteiger partial charge in [-0.2, -0.15) is 0 Å². The van der Waals surface area contributed by atoms with Gasteiger partial charge in [-0.3, -0.25) is 4.90 Å². The summed E-state index contributed by atoms with van der Waals surface area (Å²) < 4.78 is 0. The second-order valence-electron chi connectivity index (χ2n) is 9.88. The van der Waals surface area contributed by atoms with Gasteiger partial charge in [0.15, 0.2) is 0 Å². The van der Waals surface area contributed by atoms with Crippen LogP contribution in [-0.4, -0.2) is 46.7 Å². The molecule has 0 amide bonds. The topological polar surface area (TPSA) is 89.9 Å². The zero-order valence-corrected chi connectivity index (χ0v) is 20.3. The quantitative estimate of drug-likeness (QED) is 0.425. The van der Waals surface area contributed by atoms with Gasteiger partial charge in [0, 0.05) is 30.8 Å². The molecule has 1 saturated heterocycles. The first kappa shape index (κ1) is 25.0. The molecule has 0 bridgehead atoms. The van der Waals surface area contributed by atoms with Gasteiger partial charge in [0.1, 0.15) is 0 Å². The standard InChI is InChI=1S/C29H36N2O4/c32-28(33)19-26(29(34)35)25(24-11-10-23-8-4-5-15-30-27(23)18-24)12-9-21-13-16-31(17-14-21)20-22-6-2-1-3-7-22/h1-3,6-7,10-11,18-19,21,25,30H,4-5,8-9,12-17,20H2,(H,32,33)(H,34,35)/b26-19+. The number of nitrogens with zero attached hydrogens (tertiary/aromatic N) is 1. The van der Waals surface area contributed by atoms with Crippen molar-refractivity contribution >= 4 is 17.6 Å². The van der Waals surface area contributed by atoms with E-state index in [9.17, 15) is 19.8 Å². The smallest absolute Gasteiger partial charge is 0.332 e. The lowest BCUT2D eigenvalue weighted by molar-refractivity contribution is -0.135. The number of aliphatic carboxylic acids is 2. The fraction of sp³-hybridized carbons (Fsp3) is 0.448. The lowest BCUT2D eigenvalue weighted by atomic mass is 9.81. The molecular formula is C29H36N2O4. The summed E-state index contributed by atoms with van der Waals surface area (Å²) in [5.74, 6) is -2.29. The van der Waals surface area contributed by atoms with Gasteiger partial charge in [0.25, 0.3) is 0 Å². The maximum absolute atomic E-state index is 12.1. The highest BCUT2D eigenvalue weighted by Crippen LogP contribution is 2.36. The predicted molar refractivity (Wildman–Crippen MR) is 138 cm³/mol. The number of piperidine rings is 1. The molecule has 2 heterocycles. The third kappa shape index (κ3) is 6.95. The Labute approximate surface area is 207 Å². The summed E-state index contributed by atoms with van der Waals surface area (Å²) in [6, 6.07) is 16.6. The summed E-state index contributed by atoms with van der Waals surface area (Å²) in [7, 11) is 0. The summed E-state index contributed by atoms with van der Waals surface area (Å²) in [4.78, 5) is 26.1. The fourth-order valence-electron chi connectivity index (χ4n) is 5.48. The first-order valence-corrected chi connectivity index (χ1v) is 12.8. The Balaban J connectivity index is 1.45. The summed E-state index contributed by atoms with van der Waals surface area (Å²) in [6.07, 6.45) is 7.81. The van der Waals surface area contributed by atoms with Crippen molar-refractivity contribution in [1.82, 2.24) is 4.90 Å². The van der Waals surface area contributed by atoms with E-state index < -0.39 is 17.9 Å². The van der Waals surface area contributed by atoms with Crippen molar-refractivity contribution in [3.05, 3.63) is 76.9 Å². The van der Waals surface area contributed by atoms with Crippen LogP contribution in [0.4, 0.5) is 5.69 Å². The summed E-state index contributed by atoms with van der Waals surface area (Å²) in [5, 5.41) is 22.7. The van der Waals surface area contributed by atoms with Gasteiger partial charge >= 0.3 is 11.9 Å². The highest BCUT2D eigenvalue weighted by atomic mass is 16.4. The van der Waals surface area contributed by atoms with Crippen molar-refractivity contribution in [3.63, 3.8) is 0 Å². The number of nitrogens with one attached hydrogen (secondary N) is 1. The van der Waals surface area contributed by atoms with Crippen LogP contribution in [0, 0.1) is 5.92 Å². The van der Waals surface area contributed by atoms with E-state index in [0.29, 0.717) is 12.3 Å². The van der Waals surface area contributed by atoms with E-state index in [-0.39, 0.29) is 5.57 Å². The van der Waals surface area contributed by atoms with E-state index in [1.54, 1.807) is 0 Å². The van der Waals surface area contributed by atoms with Crippen molar-refractivity contribution in [2.24, 2.45) is 5.92 Å². The van der Waals surface area contributed by atoms with Crippen LogP contribution in [0.3, 0.4) is 0 Å². The third-order valence-electron chi connectivity index (χ3n) is 7.45. The third-order valence-corrected chi connectivity index (χ3v) is 7.45. The lowest BCUT2D eigenvalue weighted by Gasteiger charge is -2.33. The first-order chi connectivity index (χ1) is 17.0. The molecule has 0 saturated carbocycles. The largest absolute Gasteiger partial charge is 0.478 e.